The van der Waals surface area contributed by atoms with Gasteiger partial charge >= 0.3 is 0 Å². The van der Waals surface area contributed by atoms with Crippen molar-refractivity contribution < 1.29 is 13.2 Å². The lowest BCUT2D eigenvalue weighted by atomic mass is 10.2. The number of hydrogen-bond donors (Lipinski definition) is 1. The lowest BCUT2D eigenvalue weighted by Gasteiger charge is -2.23. The Kier molecular flexibility index (Phi) is 8.84. The van der Waals surface area contributed by atoms with E-state index in [2.05, 4.69) is 45.2 Å². The second-order valence-electron chi connectivity index (χ2n) is 7.36. The van der Waals surface area contributed by atoms with Crippen molar-refractivity contribution in [2.75, 3.05) is 28.8 Å². The van der Waals surface area contributed by atoms with Crippen molar-refractivity contribution in [1.82, 2.24) is 5.43 Å². The van der Waals surface area contributed by atoms with Crippen LogP contribution in [0.4, 0.5) is 11.4 Å². The van der Waals surface area contributed by atoms with E-state index in [0.29, 0.717) is 10.2 Å². The standard InChI is InChI=1S/C25H27BrN4O3S/c1-3-29(4-2)22-15-13-20(14-16-22)18-27-28-25(31)19-30(23-10-8-9-21(26)17-23)34(32,33)24-11-6-5-7-12-24/h5-18H,3-4,19H2,1-2H3,(H,28,31)/b27-18-. The third kappa shape index (κ3) is 6.45. The molecule has 3 rings (SSSR count). The van der Waals surface area contributed by atoms with E-state index in [0.717, 1.165) is 28.6 Å². The van der Waals surface area contributed by atoms with E-state index < -0.39 is 22.5 Å². The summed E-state index contributed by atoms with van der Waals surface area (Å²) in [6, 6.07) is 22.6. The molecule has 0 aliphatic rings. The molecule has 0 aliphatic heterocycles. The van der Waals surface area contributed by atoms with Crippen LogP contribution in [0.25, 0.3) is 0 Å². The molecule has 0 radical (unpaired) electrons. The highest BCUT2D eigenvalue weighted by Gasteiger charge is 2.27. The summed E-state index contributed by atoms with van der Waals surface area (Å²) in [5.41, 5.74) is 4.73. The van der Waals surface area contributed by atoms with Crippen LogP contribution in [0, 0.1) is 0 Å². The number of sulfonamides is 1. The highest BCUT2D eigenvalue weighted by atomic mass is 79.9. The Morgan fingerprint density at radius 1 is 0.941 bits per heavy atom. The monoisotopic (exact) mass is 542 g/mol. The van der Waals surface area contributed by atoms with E-state index in [1.54, 1.807) is 42.5 Å². The van der Waals surface area contributed by atoms with Crippen LogP contribution >= 0.6 is 15.9 Å². The van der Waals surface area contributed by atoms with Crippen molar-refractivity contribution in [3.8, 4) is 0 Å². The molecular weight excluding hydrogens is 516 g/mol. The SMILES string of the molecule is CCN(CC)c1ccc(/C=N\NC(=O)CN(c2cccc(Br)c2)S(=O)(=O)c2ccccc2)cc1. The molecule has 178 valence electrons. The molecule has 0 atom stereocenters. The number of hydrazone groups is 1. The number of nitrogens with one attached hydrogen (secondary N) is 1. The zero-order valence-electron chi connectivity index (χ0n) is 19.1. The Labute approximate surface area is 209 Å². The molecule has 0 heterocycles. The van der Waals surface area contributed by atoms with Crippen LogP contribution in [0.2, 0.25) is 0 Å². The van der Waals surface area contributed by atoms with Gasteiger partial charge in [-0.3, -0.25) is 9.10 Å². The highest BCUT2D eigenvalue weighted by Crippen LogP contribution is 2.26. The average Bonchev–Trinajstić information content (AvgIpc) is 2.84. The molecule has 0 bridgehead atoms. The lowest BCUT2D eigenvalue weighted by molar-refractivity contribution is -0.119. The van der Waals surface area contributed by atoms with Gasteiger partial charge in [0.05, 0.1) is 16.8 Å². The number of hydrogen-bond acceptors (Lipinski definition) is 5. The predicted octanol–water partition coefficient (Wildman–Crippen LogP) is 4.64. The summed E-state index contributed by atoms with van der Waals surface area (Å²) in [7, 11) is -3.97. The first kappa shape index (κ1) is 25.5. The first-order valence-corrected chi connectivity index (χ1v) is 13.1. The molecule has 1 N–H and O–H groups in total. The largest absolute Gasteiger partial charge is 0.372 e. The molecule has 0 saturated heterocycles. The normalized spacial score (nSPS) is 11.4. The van der Waals surface area contributed by atoms with Crippen LogP contribution < -0.4 is 14.6 Å². The van der Waals surface area contributed by atoms with Crippen LogP contribution in [-0.2, 0) is 14.8 Å². The minimum Gasteiger partial charge on any atom is -0.372 e. The number of carbonyl (C=O) groups is 1. The fourth-order valence-corrected chi connectivity index (χ4v) is 5.19. The summed E-state index contributed by atoms with van der Waals surface area (Å²) in [4.78, 5) is 15.0. The summed E-state index contributed by atoms with van der Waals surface area (Å²) in [6.07, 6.45) is 1.53. The van der Waals surface area contributed by atoms with Crippen molar-refractivity contribution in [1.29, 1.82) is 0 Å². The second kappa shape index (κ2) is 11.8. The van der Waals surface area contributed by atoms with E-state index in [-0.39, 0.29) is 4.90 Å². The van der Waals surface area contributed by atoms with Crippen LogP contribution in [0.15, 0.2) is 93.3 Å². The van der Waals surface area contributed by atoms with Gasteiger partial charge in [-0.05, 0) is 61.9 Å². The van der Waals surface area contributed by atoms with Gasteiger partial charge < -0.3 is 4.90 Å². The molecule has 3 aromatic carbocycles. The van der Waals surface area contributed by atoms with Gasteiger partial charge in [0, 0.05) is 23.2 Å². The van der Waals surface area contributed by atoms with Crippen LogP contribution in [0.1, 0.15) is 19.4 Å². The van der Waals surface area contributed by atoms with E-state index >= 15 is 0 Å². The maximum absolute atomic E-state index is 13.3. The fraction of sp³-hybridized carbons (Fsp3) is 0.200. The number of anilines is 2. The van der Waals surface area contributed by atoms with Crippen LogP contribution in [0.3, 0.4) is 0 Å². The minimum absolute atomic E-state index is 0.0968. The van der Waals surface area contributed by atoms with Gasteiger partial charge in [-0.25, -0.2) is 13.8 Å². The Hall–Kier alpha value is -3.17. The smallest absolute Gasteiger partial charge is 0.264 e. The van der Waals surface area contributed by atoms with Crippen molar-refractivity contribution in [3.05, 3.63) is 88.9 Å². The minimum atomic E-state index is -3.97. The molecule has 0 fully saturated rings. The first-order valence-electron chi connectivity index (χ1n) is 10.9. The molecule has 9 heteroatoms. The topological polar surface area (TPSA) is 82.1 Å². The number of rotatable bonds is 10. The zero-order valence-corrected chi connectivity index (χ0v) is 21.5. The number of nitrogens with zero attached hydrogens (tertiary/aromatic N) is 3. The Morgan fingerprint density at radius 2 is 1.62 bits per heavy atom. The van der Waals surface area contributed by atoms with Gasteiger partial charge in [0.25, 0.3) is 15.9 Å². The number of benzene rings is 3. The van der Waals surface area contributed by atoms with Gasteiger partial charge in [-0.2, -0.15) is 5.10 Å². The zero-order chi connectivity index (χ0) is 24.6. The molecule has 34 heavy (non-hydrogen) atoms. The molecule has 0 spiro atoms. The number of amides is 1. The molecule has 3 aromatic rings. The maximum Gasteiger partial charge on any atom is 0.264 e. The summed E-state index contributed by atoms with van der Waals surface area (Å²) in [5.74, 6) is -0.560. The van der Waals surface area contributed by atoms with Crippen LogP contribution in [0.5, 0.6) is 0 Å². The van der Waals surface area contributed by atoms with Gasteiger partial charge in [-0.1, -0.05) is 52.3 Å². The molecule has 0 aromatic heterocycles. The summed E-state index contributed by atoms with van der Waals surface area (Å²) >= 11 is 3.36. The lowest BCUT2D eigenvalue weighted by Crippen LogP contribution is -2.39. The quantitative estimate of drug-likeness (QED) is 0.299. The van der Waals surface area contributed by atoms with E-state index in [1.165, 1.54) is 18.3 Å². The van der Waals surface area contributed by atoms with E-state index in [4.69, 9.17) is 0 Å². The van der Waals surface area contributed by atoms with E-state index in [9.17, 15) is 13.2 Å². The summed E-state index contributed by atoms with van der Waals surface area (Å²) in [6.45, 7) is 5.61. The fourth-order valence-electron chi connectivity index (χ4n) is 3.37. The first-order chi connectivity index (χ1) is 16.3. The highest BCUT2D eigenvalue weighted by molar-refractivity contribution is 9.10. The molecule has 1 amide bonds. The predicted molar refractivity (Wildman–Crippen MR) is 141 cm³/mol. The van der Waals surface area contributed by atoms with Gasteiger partial charge in [0.1, 0.15) is 6.54 Å². The molecule has 0 saturated carbocycles. The summed E-state index contributed by atoms with van der Waals surface area (Å²) in [5, 5.41) is 4.01. The average molecular weight is 543 g/mol. The van der Waals surface area contributed by atoms with Gasteiger partial charge in [-0.15, -0.1) is 0 Å². The van der Waals surface area contributed by atoms with E-state index in [1.807, 2.05) is 24.3 Å². The maximum atomic E-state index is 13.3. The Balaban J connectivity index is 1.75. The number of halogens is 1. The molecular formula is C25H27BrN4O3S. The third-order valence-electron chi connectivity index (χ3n) is 5.14. The van der Waals surface area contributed by atoms with Crippen molar-refractivity contribution in [2.24, 2.45) is 5.10 Å². The molecule has 0 aliphatic carbocycles. The van der Waals surface area contributed by atoms with Crippen molar-refractivity contribution >= 4 is 49.4 Å². The summed E-state index contributed by atoms with van der Waals surface area (Å²) < 4.78 is 28.4. The van der Waals surface area contributed by atoms with Gasteiger partial charge in [0.15, 0.2) is 0 Å². The third-order valence-corrected chi connectivity index (χ3v) is 7.42. The molecule has 7 nitrogen and oxygen atoms in total. The Bertz CT molecular complexity index is 1230. The van der Waals surface area contributed by atoms with Crippen molar-refractivity contribution in [3.63, 3.8) is 0 Å². The van der Waals surface area contributed by atoms with Gasteiger partial charge in [0.2, 0.25) is 0 Å². The second-order valence-corrected chi connectivity index (χ2v) is 10.1. The Morgan fingerprint density at radius 3 is 2.24 bits per heavy atom. The van der Waals surface area contributed by atoms with Crippen molar-refractivity contribution in [2.45, 2.75) is 18.7 Å². The molecule has 0 unspecified atom stereocenters. The van der Waals surface area contributed by atoms with Crippen LogP contribution in [-0.4, -0.2) is 40.2 Å². The number of carbonyl (C=O) groups excluding carboxylic acids is 1.